The van der Waals surface area contributed by atoms with Crippen molar-refractivity contribution in [2.75, 3.05) is 12.8 Å². The first kappa shape index (κ1) is 30.1. The summed E-state index contributed by atoms with van der Waals surface area (Å²) in [5.74, 6) is 1.29. The molecule has 39 heavy (non-hydrogen) atoms. The summed E-state index contributed by atoms with van der Waals surface area (Å²) in [6, 6.07) is 14.7. The van der Waals surface area contributed by atoms with Gasteiger partial charge in [0.25, 0.3) is 0 Å². The lowest BCUT2D eigenvalue weighted by Crippen LogP contribution is -2.29. The van der Waals surface area contributed by atoms with Crippen LogP contribution in [-0.2, 0) is 6.16 Å². The highest BCUT2D eigenvalue weighted by atomic mass is 31.0. The van der Waals surface area contributed by atoms with Crippen molar-refractivity contribution in [1.29, 1.82) is 0 Å². The summed E-state index contributed by atoms with van der Waals surface area (Å²) in [6.45, 7) is 9.43. The lowest BCUT2D eigenvalue weighted by atomic mass is 9.79. The minimum Gasteiger partial charge on any atom is -0.493 e. The second-order valence-electron chi connectivity index (χ2n) is 11.6. The fourth-order valence-electron chi connectivity index (χ4n) is 5.86. The number of hydrogen-bond donors (Lipinski definition) is 0. The van der Waals surface area contributed by atoms with E-state index >= 15 is 8.78 Å². The van der Waals surface area contributed by atoms with E-state index in [1.807, 2.05) is 19.1 Å². The van der Waals surface area contributed by atoms with Crippen LogP contribution in [0.3, 0.4) is 0 Å². The molecule has 0 bridgehead atoms. The molecule has 0 saturated heterocycles. The number of aryl methyl sites for hydroxylation is 1. The number of hydrogen-bond acceptors (Lipinski definition) is 1. The molecule has 1 nitrogen and oxygen atoms in total. The summed E-state index contributed by atoms with van der Waals surface area (Å²) in [5.41, 5.74) is 5.67. The van der Waals surface area contributed by atoms with Gasteiger partial charge < -0.3 is 4.74 Å². The molecule has 4 rings (SSSR count). The van der Waals surface area contributed by atoms with Gasteiger partial charge in [0.15, 0.2) is 0 Å². The van der Waals surface area contributed by atoms with E-state index in [2.05, 4.69) is 51.4 Å². The second kappa shape index (κ2) is 13.2. The molecule has 0 N–H and O–H groups in total. The molecular weight excluding hydrogens is 524 g/mol. The van der Waals surface area contributed by atoms with Crippen LogP contribution >= 0.6 is 18.5 Å². The van der Waals surface area contributed by atoms with Gasteiger partial charge in [-0.2, -0.15) is 0 Å². The summed E-state index contributed by atoms with van der Waals surface area (Å²) in [4.78, 5) is 0. The summed E-state index contributed by atoms with van der Waals surface area (Å²) in [7, 11) is 5.66. The number of ether oxygens (including phenoxy) is 1. The highest BCUT2D eigenvalue weighted by Crippen LogP contribution is 2.39. The van der Waals surface area contributed by atoms with Gasteiger partial charge in [0.1, 0.15) is 17.4 Å². The Morgan fingerprint density at radius 3 is 2.05 bits per heavy atom. The van der Waals surface area contributed by atoms with E-state index in [1.165, 1.54) is 18.9 Å². The Labute approximate surface area is 238 Å². The Bertz CT molecular complexity index is 1270. The van der Waals surface area contributed by atoms with Crippen molar-refractivity contribution in [1.82, 2.24) is 0 Å². The van der Waals surface area contributed by atoms with Gasteiger partial charge >= 0.3 is 0 Å². The standard InChI is InChI=1S/C34H44F2OP2/c1-5-34(6-2,21-39)20-37-33-15-23(4)30(16-27(33)19-38)26-12-14-29(32(36)18-26)28-13-11-25(17-31(28)35)24-9-7-22(3)8-10-24/h11-18,22,24H,5-10,19-21,38-39H2,1-4H3. The van der Waals surface area contributed by atoms with Gasteiger partial charge in [-0.25, -0.2) is 8.78 Å². The van der Waals surface area contributed by atoms with E-state index in [0.717, 1.165) is 77.5 Å². The summed E-state index contributed by atoms with van der Waals surface area (Å²) in [5, 5.41) is 0. The average molecular weight is 569 g/mol. The van der Waals surface area contributed by atoms with Crippen LogP contribution in [0.1, 0.15) is 81.9 Å². The fraction of sp³-hybridized carbons (Fsp3) is 0.471. The van der Waals surface area contributed by atoms with Crippen LogP contribution in [-0.4, -0.2) is 12.8 Å². The molecule has 5 heteroatoms. The third-order valence-electron chi connectivity index (χ3n) is 9.14. The highest BCUT2D eigenvalue weighted by Gasteiger charge is 2.26. The number of halogens is 2. The van der Waals surface area contributed by atoms with Crippen LogP contribution < -0.4 is 4.74 Å². The predicted octanol–water partition coefficient (Wildman–Crippen LogP) is 10.3. The van der Waals surface area contributed by atoms with E-state index in [1.54, 1.807) is 18.2 Å². The molecule has 0 aromatic heterocycles. The second-order valence-corrected chi connectivity index (χ2v) is 12.4. The average Bonchev–Trinajstić information content (AvgIpc) is 2.95. The molecular formula is C34H44F2OP2. The van der Waals surface area contributed by atoms with Gasteiger partial charge in [0, 0.05) is 16.5 Å². The Hall–Kier alpha value is -1.82. The predicted molar refractivity (Wildman–Crippen MR) is 169 cm³/mol. The van der Waals surface area contributed by atoms with Crippen LogP contribution in [0.25, 0.3) is 22.3 Å². The Balaban J connectivity index is 1.58. The Morgan fingerprint density at radius 2 is 1.49 bits per heavy atom. The van der Waals surface area contributed by atoms with Crippen LogP contribution in [0.4, 0.5) is 8.78 Å². The molecule has 3 aromatic carbocycles. The quantitative estimate of drug-likeness (QED) is 0.221. The zero-order chi connectivity index (χ0) is 28.2. The minimum absolute atomic E-state index is 0.150. The molecule has 0 aliphatic heterocycles. The first-order valence-electron chi connectivity index (χ1n) is 14.5. The zero-order valence-electron chi connectivity index (χ0n) is 24.0. The maximum atomic E-state index is 15.5. The molecule has 0 radical (unpaired) electrons. The van der Waals surface area contributed by atoms with E-state index in [9.17, 15) is 0 Å². The monoisotopic (exact) mass is 568 g/mol. The van der Waals surface area contributed by atoms with E-state index in [0.29, 0.717) is 23.7 Å². The van der Waals surface area contributed by atoms with Gasteiger partial charge in [-0.1, -0.05) is 57.9 Å². The topological polar surface area (TPSA) is 9.23 Å². The number of benzene rings is 3. The summed E-state index contributed by atoms with van der Waals surface area (Å²) in [6.07, 6.45) is 8.44. The molecule has 3 aromatic rings. The molecule has 1 saturated carbocycles. The molecule has 2 atom stereocenters. The molecule has 1 fully saturated rings. The largest absolute Gasteiger partial charge is 0.493 e. The third kappa shape index (κ3) is 6.74. The van der Waals surface area contributed by atoms with E-state index in [4.69, 9.17) is 4.74 Å². The normalized spacial score (nSPS) is 17.8. The number of rotatable bonds is 10. The first-order valence-corrected chi connectivity index (χ1v) is 16.1. The van der Waals surface area contributed by atoms with Crippen LogP contribution in [0, 0.1) is 29.9 Å². The van der Waals surface area contributed by atoms with Crippen molar-refractivity contribution >= 4 is 18.5 Å². The van der Waals surface area contributed by atoms with Crippen molar-refractivity contribution in [2.45, 2.75) is 78.3 Å². The van der Waals surface area contributed by atoms with Crippen molar-refractivity contribution in [2.24, 2.45) is 11.3 Å². The Kier molecular flexibility index (Phi) is 10.2. The summed E-state index contributed by atoms with van der Waals surface area (Å²) >= 11 is 0. The Morgan fingerprint density at radius 1 is 0.846 bits per heavy atom. The first-order chi connectivity index (χ1) is 18.7. The van der Waals surface area contributed by atoms with Gasteiger partial charge in [-0.3, -0.25) is 0 Å². The minimum atomic E-state index is -0.408. The van der Waals surface area contributed by atoms with Crippen LogP contribution in [0.15, 0.2) is 48.5 Å². The third-order valence-corrected chi connectivity index (χ3v) is 10.5. The van der Waals surface area contributed by atoms with Crippen LogP contribution in [0.2, 0.25) is 0 Å². The fourth-order valence-corrected chi connectivity index (χ4v) is 6.88. The zero-order valence-corrected chi connectivity index (χ0v) is 26.3. The summed E-state index contributed by atoms with van der Waals surface area (Å²) < 4.78 is 37.1. The van der Waals surface area contributed by atoms with Gasteiger partial charge in [-0.15, -0.1) is 18.5 Å². The molecule has 1 aliphatic rings. The van der Waals surface area contributed by atoms with E-state index in [-0.39, 0.29) is 11.2 Å². The van der Waals surface area contributed by atoms with Gasteiger partial charge in [-0.05, 0) is 109 Å². The maximum absolute atomic E-state index is 15.5. The molecule has 210 valence electrons. The maximum Gasteiger partial charge on any atom is 0.131 e. The lowest BCUT2D eigenvalue weighted by molar-refractivity contribution is 0.155. The van der Waals surface area contributed by atoms with Crippen LogP contribution in [0.5, 0.6) is 5.75 Å². The molecule has 0 spiro atoms. The SMILES string of the molecule is CCC(CC)(CP)COc1cc(C)c(-c2ccc(-c3ccc(C4CCC(C)CC4)cc3F)c(F)c2)cc1CP. The van der Waals surface area contributed by atoms with Gasteiger partial charge in [0.2, 0.25) is 0 Å². The van der Waals surface area contributed by atoms with Gasteiger partial charge in [0.05, 0.1) is 6.61 Å². The smallest absolute Gasteiger partial charge is 0.131 e. The molecule has 1 aliphatic carbocycles. The highest BCUT2D eigenvalue weighted by molar-refractivity contribution is 7.16. The molecule has 0 amide bonds. The van der Waals surface area contributed by atoms with Crippen molar-refractivity contribution in [3.8, 4) is 28.0 Å². The van der Waals surface area contributed by atoms with E-state index < -0.39 is 5.82 Å². The van der Waals surface area contributed by atoms with Crippen molar-refractivity contribution in [3.05, 3.63) is 76.9 Å². The molecule has 2 unspecified atom stereocenters. The van der Waals surface area contributed by atoms with Crippen molar-refractivity contribution in [3.63, 3.8) is 0 Å². The lowest BCUT2D eigenvalue weighted by Gasteiger charge is -2.30. The molecule has 0 heterocycles. The van der Waals surface area contributed by atoms with Crippen molar-refractivity contribution < 1.29 is 13.5 Å².